The van der Waals surface area contributed by atoms with E-state index in [2.05, 4.69) is 15.5 Å². The number of hydrogen-bond donors (Lipinski definition) is 1. The highest BCUT2D eigenvalue weighted by atomic mass is 19.4. The molecule has 0 saturated carbocycles. The third-order valence-electron chi connectivity index (χ3n) is 5.44. The van der Waals surface area contributed by atoms with E-state index in [4.69, 9.17) is 4.52 Å². The Morgan fingerprint density at radius 1 is 1.22 bits per heavy atom. The summed E-state index contributed by atoms with van der Waals surface area (Å²) in [6, 6.07) is 12.5. The minimum Gasteiger partial charge on any atom is -0.338 e. The number of anilines is 1. The summed E-state index contributed by atoms with van der Waals surface area (Å²) >= 11 is 0. The first-order valence-electron chi connectivity index (χ1n) is 10.4. The molecule has 1 aliphatic rings. The van der Waals surface area contributed by atoms with Crippen LogP contribution in [0.25, 0.3) is 11.4 Å². The summed E-state index contributed by atoms with van der Waals surface area (Å²) < 4.78 is 44.1. The number of halogens is 3. The standard InChI is InChI=1S/C23H23F3N4O2/c1-15-5-2-6-16(11-15)21-28-20(32-29-21)14-30-10-4-7-17(13-30)22(31)27-19-9-3-8-18(12-19)23(24,25)26/h2-3,5-6,8-9,11-12,17H,4,7,10,13-14H2,1H3,(H,27,31). The fourth-order valence-corrected chi connectivity index (χ4v) is 3.84. The molecule has 0 aliphatic carbocycles. The number of nitrogens with zero attached hydrogens (tertiary/aromatic N) is 3. The van der Waals surface area contributed by atoms with Crippen molar-refractivity contribution in [3.05, 3.63) is 65.5 Å². The average molecular weight is 444 g/mol. The van der Waals surface area contributed by atoms with Crippen molar-refractivity contribution in [1.82, 2.24) is 15.0 Å². The number of aromatic nitrogens is 2. The number of rotatable bonds is 5. The van der Waals surface area contributed by atoms with Gasteiger partial charge in [-0.2, -0.15) is 18.2 Å². The number of amides is 1. The van der Waals surface area contributed by atoms with Gasteiger partial charge in [0.05, 0.1) is 18.0 Å². The highest BCUT2D eigenvalue weighted by Gasteiger charge is 2.31. The monoisotopic (exact) mass is 444 g/mol. The normalized spacial score (nSPS) is 17.3. The fraction of sp³-hybridized carbons (Fsp3) is 0.348. The van der Waals surface area contributed by atoms with E-state index in [0.29, 0.717) is 31.2 Å². The van der Waals surface area contributed by atoms with Crippen LogP contribution in [0, 0.1) is 12.8 Å². The van der Waals surface area contributed by atoms with Crippen molar-refractivity contribution in [3.63, 3.8) is 0 Å². The van der Waals surface area contributed by atoms with Crippen molar-refractivity contribution in [2.75, 3.05) is 18.4 Å². The van der Waals surface area contributed by atoms with Gasteiger partial charge in [-0.25, -0.2) is 0 Å². The fourth-order valence-electron chi connectivity index (χ4n) is 3.84. The van der Waals surface area contributed by atoms with E-state index in [9.17, 15) is 18.0 Å². The molecule has 3 aromatic rings. The number of hydrogen-bond acceptors (Lipinski definition) is 5. The van der Waals surface area contributed by atoms with Crippen LogP contribution < -0.4 is 5.32 Å². The van der Waals surface area contributed by atoms with E-state index in [1.165, 1.54) is 12.1 Å². The Bertz CT molecular complexity index is 1100. The first-order chi connectivity index (χ1) is 15.3. The van der Waals surface area contributed by atoms with Crippen molar-refractivity contribution >= 4 is 11.6 Å². The summed E-state index contributed by atoms with van der Waals surface area (Å²) in [6.07, 6.45) is -3.00. The van der Waals surface area contributed by atoms with E-state index in [0.717, 1.165) is 36.2 Å². The van der Waals surface area contributed by atoms with E-state index in [1.807, 2.05) is 36.1 Å². The van der Waals surface area contributed by atoms with Crippen LogP contribution in [-0.2, 0) is 17.5 Å². The Kier molecular flexibility index (Phi) is 6.27. The molecule has 168 valence electrons. The number of carbonyl (C=O) groups is 1. The van der Waals surface area contributed by atoms with Gasteiger partial charge in [0.25, 0.3) is 0 Å². The number of aryl methyl sites for hydroxylation is 1. The molecule has 1 amide bonds. The highest BCUT2D eigenvalue weighted by Crippen LogP contribution is 2.31. The number of carbonyl (C=O) groups excluding carboxylic acids is 1. The quantitative estimate of drug-likeness (QED) is 0.605. The number of nitrogens with one attached hydrogen (secondary N) is 1. The molecule has 2 aromatic carbocycles. The lowest BCUT2D eigenvalue weighted by atomic mass is 9.97. The van der Waals surface area contributed by atoms with Gasteiger partial charge in [-0.1, -0.05) is 35.0 Å². The molecule has 6 nitrogen and oxygen atoms in total. The summed E-state index contributed by atoms with van der Waals surface area (Å²) in [5.74, 6) is 0.345. The second-order valence-electron chi connectivity index (χ2n) is 8.02. The SMILES string of the molecule is Cc1cccc(-c2noc(CN3CCCC(C(=O)Nc4cccc(C(F)(F)F)c4)C3)n2)c1. The molecule has 0 spiro atoms. The molecule has 32 heavy (non-hydrogen) atoms. The molecule has 0 radical (unpaired) electrons. The van der Waals surface area contributed by atoms with E-state index < -0.39 is 11.7 Å². The van der Waals surface area contributed by atoms with Crippen molar-refractivity contribution in [1.29, 1.82) is 0 Å². The van der Waals surface area contributed by atoms with Gasteiger partial charge in [0.1, 0.15) is 0 Å². The average Bonchev–Trinajstić information content (AvgIpc) is 3.22. The van der Waals surface area contributed by atoms with Gasteiger partial charge >= 0.3 is 6.18 Å². The van der Waals surface area contributed by atoms with Crippen LogP contribution in [0.4, 0.5) is 18.9 Å². The largest absolute Gasteiger partial charge is 0.416 e. The molecule has 1 saturated heterocycles. The molecule has 1 atom stereocenters. The molecule has 0 bridgehead atoms. The van der Waals surface area contributed by atoms with Crippen molar-refractivity contribution in [3.8, 4) is 11.4 Å². The zero-order valence-corrected chi connectivity index (χ0v) is 17.5. The molecule has 1 aliphatic heterocycles. The van der Waals surface area contributed by atoms with Crippen LogP contribution in [0.3, 0.4) is 0 Å². The first kappa shape index (κ1) is 22.0. The Hall–Kier alpha value is -3.20. The molecular weight excluding hydrogens is 421 g/mol. The Labute approximate surface area is 183 Å². The second kappa shape index (κ2) is 9.12. The van der Waals surface area contributed by atoms with Crippen molar-refractivity contribution in [2.45, 2.75) is 32.5 Å². The maximum absolute atomic E-state index is 12.9. The first-order valence-corrected chi connectivity index (χ1v) is 10.4. The molecule has 4 rings (SSSR count). The molecule has 1 fully saturated rings. The lowest BCUT2D eigenvalue weighted by Crippen LogP contribution is -2.40. The summed E-state index contributed by atoms with van der Waals surface area (Å²) in [5, 5.41) is 6.67. The Balaban J connectivity index is 1.37. The zero-order valence-electron chi connectivity index (χ0n) is 17.5. The van der Waals surface area contributed by atoms with Gasteiger partial charge in [0.15, 0.2) is 0 Å². The molecule has 1 N–H and O–H groups in total. The molecule has 1 unspecified atom stereocenters. The van der Waals surface area contributed by atoms with E-state index in [-0.39, 0.29) is 17.5 Å². The lowest BCUT2D eigenvalue weighted by molar-refractivity contribution is -0.137. The van der Waals surface area contributed by atoms with Crippen LogP contribution in [0.5, 0.6) is 0 Å². The van der Waals surface area contributed by atoms with Crippen LogP contribution in [-0.4, -0.2) is 34.0 Å². The van der Waals surface area contributed by atoms with Crippen molar-refractivity contribution < 1.29 is 22.5 Å². The topological polar surface area (TPSA) is 71.3 Å². The van der Waals surface area contributed by atoms with Crippen LogP contribution in [0.15, 0.2) is 53.1 Å². The third-order valence-corrected chi connectivity index (χ3v) is 5.44. The van der Waals surface area contributed by atoms with Crippen LogP contribution >= 0.6 is 0 Å². The highest BCUT2D eigenvalue weighted by molar-refractivity contribution is 5.92. The second-order valence-corrected chi connectivity index (χ2v) is 8.02. The van der Waals surface area contributed by atoms with Crippen LogP contribution in [0.1, 0.15) is 29.9 Å². The molecule has 1 aromatic heterocycles. The smallest absolute Gasteiger partial charge is 0.338 e. The number of alkyl halides is 3. The summed E-state index contributed by atoms with van der Waals surface area (Å²) in [7, 11) is 0. The van der Waals surface area contributed by atoms with E-state index in [1.54, 1.807) is 0 Å². The number of piperidine rings is 1. The van der Waals surface area contributed by atoms with Crippen LogP contribution in [0.2, 0.25) is 0 Å². The van der Waals surface area contributed by atoms with Gasteiger partial charge < -0.3 is 9.84 Å². The third kappa shape index (κ3) is 5.34. The summed E-state index contributed by atoms with van der Waals surface area (Å²) in [5.41, 5.74) is 1.32. The van der Waals surface area contributed by atoms with Gasteiger partial charge in [0.2, 0.25) is 17.6 Å². The molecular formula is C23H23F3N4O2. The maximum Gasteiger partial charge on any atom is 0.416 e. The molecule has 9 heteroatoms. The number of likely N-dealkylation sites (tertiary alicyclic amines) is 1. The Morgan fingerprint density at radius 2 is 2.03 bits per heavy atom. The number of benzene rings is 2. The summed E-state index contributed by atoms with van der Waals surface area (Å²) in [4.78, 5) is 19.2. The van der Waals surface area contributed by atoms with Gasteiger partial charge in [0, 0.05) is 17.8 Å². The lowest BCUT2D eigenvalue weighted by Gasteiger charge is -2.30. The summed E-state index contributed by atoms with van der Waals surface area (Å²) in [6.45, 7) is 3.64. The van der Waals surface area contributed by atoms with E-state index >= 15 is 0 Å². The Morgan fingerprint density at radius 3 is 2.81 bits per heavy atom. The van der Waals surface area contributed by atoms with Crippen molar-refractivity contribution in [2.24, 2.45) is 5.92 Å². The van der Waals surface area contributed by atoms with Gasteiger partial charge in [-0.3, -0.25) is 9.69 Å². The predicted octanol–water partition coefficient (Wildman–Crippen LogP) is 4.91. The minimum absolute atomic E-state index is 0.140. The molecule has 2 heterocycles. The van der Waals surface area contributed by atoms with Gasteiger partial charge in [-0.05, 0) is 50.6 Å². The van der Waals surface area contributed by atoms with Gasteiger partial charge in [-0.15, -0.1) is 0 Å². The maximum atomic E-state index is 12.9. The predicted molar refractivity (Wildman–Crippen MR) is 113 cm³/mol. The zero-order chi connectivity index (χ0) is 22.7. The minimum atomic E-state index is -4.45.